The van der Waals surface area contributed by atoms with E-state index in [9.17, 15) is 14.4 Å². The van der Waals surface area contributed by atoms with E-state index < -0.39 is 11.2 Å². The van der Waals surface area contributed by atoms with Gasteiger partial charge in [0.25, 0.3) is 11.5 Å². The number of nitrogens with one attached hydrogen (secondary N) is 4. The predicted molar refractivity (Wildman–Crippen MR) is 83.2 cm³/mol. The van der Waals surface area contributed by atoms with Crippen molar-refractivity contribution in [3.05, 3.63) is 38.2 Å². The number of carbonyl (C=O) groups excluding carboxylic acids is 1. The number of hydrogen-bond donors (Lipinski definition) is 4. The molecule has 2 aromatic rings. The molecule has 0 atom stereocenters. The fourth-order valence-corrected chi connectivity index (χ4v) is 2.13. The smallest absolute Gasteiger partial charge is 0.327 e. The van der Waals surface area contributed by atoms with E-state index in [1.807, 2.05) is 0 Å². The van der Waals surface area contributed by atoms with Crippen molar-refractivity contribution in [1.29, 1.82) is 0 Å². The van der Waals surface area contributed by atoms with Crippen molar-refractivity contribution < 1.29 is 4.79 Å². The molecule has 0 fully saturated rings. The number of rotatable bonds is 6. The Morgan fingerprint density at radius 2 is 2.00 bits per heavy atom. The maximum atomic E-state index is 12.1. The summed E-state index contributed by atoms with van der Waals surface area (Å²) in [6.07, 6.45) is 1.03. The summed E-state index contributed by atoms with van der Waals surface area (Å²) in [5.74, 6) is -0.343. The normalized spacial score (nSPS) is 10.8. The molecule has 2 aromatic heterocycles. The van der Waals surface area contributed by atoms with Gasteiger partial charge in [0.05, 0.1) is 5.39 Å². The van der Waals surface area contributed by atoms with Crippen LogP contribution in [0.25, 0.3) is 11.0 Å². The molecule has 0 spiro atoms. The standard InChI is InChI=1S/C14H19N5O3/c1-3-4-15-5-6-16-12(20)9-7-8(2)10-11(17-9)18-14(22)19-13(10)21/h7,15H,3-6H2,1-2H3,(H,16,20)(H2,17,18,19,21,22). The van der Waals surface area contributed by atoms with Crippen LogP contribution in [0, 0.1) is 6.92 Å². The minimum absolute atomic E-state index is 0.114. The topological polar surface area (TPSA) is 120 Å². The fraction of sp³-hybridized carbons (Fsp3) is 0.429. The van der Waals surface area contributed by atoms with Crippen molar-refractivity contribution in [2.45, 2.75) is 20.3 Å². The Morgan fingerprint density at radius 3 is 2.73 bits per heavy atom. The second kappa shape index (κ2) is 6.99. The van der Waals surface area contributed by atoms with Crippen LogP contribution in [0.4, 0.5) is 0 Å². The number of nitrogens with zero attached hydrogens (tertiary/aromatic N) is 1. The van der Waals surface area contributed by atoms with Gasteiger partial charge in [0.1, 0.15) is 11.3 Å². The Labute approximate surface area is 126 Å². The molecule has 0 radical (unpaired) electrons. The number of hydrogen-bond acceptors (Lipinski definition) is 5. The molecular weight excluding hydrogens is 286 g/mol. The minimum atomic E-state index is -0.647. The molecule has 22 heavy (non-hydrogen) atoms. The lowest BCUT2D eigenvalue weighted by Crippen LogP contribution is -2.33. The van der Waals surface area contributed by atoms with Gasteiger partial charge in [-0.15, -0.1) is 0 Å². The Hall–Kier alpha value is -2.48. The molecule has 0 aliphatic heterocycles. The molecule has 8 heteroatoms. The molecule has 2 rings (SSSR count). The van der Waals surface area contributed by atoms with Crippen LogP contribution in [-0.2, 0) is 0 Å². The van der Waals surface area contributed by atoms with Crippen LogP contribution in [0.15, 0.2) is 15.7 Å². The van der Waals surface area contributed by atoms with Gasteiger partial charge in [-0.05, 0) is 31.5 Å². The maximum absolute atomic E-state index is 12.1. The van der Waals surface area contributed by atoms with Gasteiger partial charge in [0.2, 0.25) is 0 Å². The first-order chi connectivity index (χ1) is 10.5. The fourth-order valence-electron chi connectivity index (χ4n) is 2.13. The van der Waals surface area contributed by atoms with E-state index in [0.29, 0.717) is 18.7 Å². The zero-order chi connectivity index (χ0) is 16.1. The first-order valence-electron chi connectivity index (χ1n) is 7.15. The third-order valence-electron chi connectivity index (χ3n) is 3.15. The van der Waals surface area contributed by atoms with E-state index >= 15 is 0 Å². The van der Waals surface area contributed by atoms with E-state index in [0.717, 1.165) is 13.0 Å². The van der Waals surface area contributed by atoms with Crippen molar-refractivity contribution >= 4 is 16.9 Å². The molecule has 0 aliphatic carbocycles. The van der Waals surface area contributed by atoms with Crippen LogP contribution in [0.1, 0.15) is 29.4 Å². The van der Waals surface area contributed by atoms with E-state index in [4.69, 9.17) is 0 Å². The highest BCUT2D eigenvalue weighted by Gasteiger charge is 2.12. The van der Waals surface area contributed by atoms with Crippen molar-refractivity contribution in [3.8, 4) is 0 Å². The third kappa shape index (κ3) is 3.59. The Balaban J connectivity index is 2.20. The predicted octanol–water partition coefficient (Wildman–Crippen LogP) is -0.351. The Bertz CT molecular complexity index is 793. The molecule has 0 saturated heterocycles. The minimum Gasteiger partial charge on any atom is -0.349 e. The first-order valence-corrected chi connectivity index (χ1v) is 7.15. The van der Waals surface area contributed by atoms with Crippen LogP contribution in [0.2, 0.25) is 0 Å². The molecule has 118 valence electrons. The average molecular weight is 305 g/mol. The third-order valence-corrected chi connectivity index (χ3v) is 3.15. The SMILES string of the molecule is CCCNCCNC(=O)c1cc(C)c2c(=O)[nH]c(=O)[nH]c2n1. The van der Waals surface area contributed by atoms with Gasteiger partial charge in [-0.2, -0.15) is 0 Å². The largest absolute Gasteiger partial charge is 0.349 e. The molecule has 0 aliphatic rings. The molecule has 0 saturated carbocycles. The van der Waals surface area contributed by atoms with Gasteiger partial charge in [-0.1, -0.05) is 6.92 Å². The lowest BCUT2D eigenvalue weighted by Gasteiger charge is -2.07. The molecule has 4 N–H and O–H groups in total. The van der Waals surface area contributed by atoms with Gasteiger partial charge >= 0.3 is 5.69 Å². The molecule has 1 amide bonds. The molecular formula is C14H19N5O3. The summed E-state index contributed by atoms with van der Waals surface area (Å²) < 4.78 is 0. The van der Waals surface area contributed by atoms with Crippen molar-refractivity contribution in [3.63, 3.8) is 0 Å². The number of pyridine rings is 1. The number of aromatic nitrogens is 3. The molecule has 0 aromatic carbocycles. The van der Waals surface area contributed by atoms with Crippen LogP contribution < -0.4 is 21.9 Å². The lowest BCUT2D eigenvalue weighted by molar-refractivity contribution is 0.0949. The van der Waals surface area contributed by atoms with Gasteiger partial charge in [0.15, 0.2) is 0 Å². The number of amides is 1. The van der Waals surface area contributed by atoms with Crippen LogP contribution in [0.5, 0.6) is 0 Å². The second-order valence-corrected chi connectivity index (χ2v) is 4.96. The van der Waals surface area contributed by atoms with E-state index in [-0.39, 0.29) is 22.6 Å². The lowest BCUT2D eigenvalue weighted by atomic mass is 10.1. The summed E-state index contributed by atoms with van der Waals surface area (Å²) >= 11 is 0. The van der Waals surface area contributed by atoms with Crippen LogP contribution in [0.3, 0.4) is 0 Å². The highest BCUT2D eigenvalue weighted by molar-refractivity contribution is 5.95. The number of carbonyl (C=O) groups is 1. The zero-order valence-electron chi connectivity index (χ0n) is 12.6. The molecule has 2 heterocycles. The van der Waals surface area contributed by atoms with Gasteiger partial charge in [0, 0.05) is 13.1 Å². The maximum Gasteiger partial charge on any atom is 0.327 e. The number of H-pyrrole nitrogens is 2. The Kier molecular flexibility index (Phi) is 5.05. The summed E-state index contributed by atoms with van der Waals surface area (Å²) in [5, 5.41) is 6.19. The van der Waals surface area contributed by atoms with Crippen molar-refractivity contribution in [2.24, 2.45) is 0 Å². The molecule has 0 bridgehead atoms. The summed E-state index contributed by atoms with van der Waals surface area (Å²) in [6, 6.07) is 1.53. The second-order valence-electron chi connectivity index (χ2n) is 4.96. The number of aromatic amines is 2. The highest BCUT2D eigenvalue weighted by Crippen LogP contribution is 2.10. The van der Waals surface area contributed by atoms with Gasteiger partial charge in [-0.25, -0.2) is 9.78 Å². The van der Waals surface area contributed by atoms with Gasteiger partial charge < -0.3 is 10.6 Å². The zero-order valence-corrected chi connectivity index (χ0v) is 12.6. The average Bonchev–Trinajstić information content (AvgIpc) is 2.45. The molecule has 8 nitrogen and oxygen atoms in total. The number of fused-ring (bicyclic) bond motifs is 1. The summed E-state index contributed by atoms with van der Waals surface area (Å²) in [4.78, 5) is 43.8. The van der Waals surface area contributed by atoms with Crippen molar-refractivity contribution in [1.82, 2.24) is 25.6 Å². The summed E-state index contributed by atoms with van der Waals surface area (Å²) in [6.45, 7) is 5.80. The van der Waals surface area contributed by atoms with E-state index in [1.165, 1.54) is 6.07 Å². The van der Waals surface area contributed by atoms with Gasteiger partial charge in [-0.3, -0.25) is 19.6 Å². The highest BCUT2D eigenvalue weighted by atomic mass is 16.2. The van der Waals surface area contributed by atoms with Crippen LogP contribution >= 0.6 is 0 Å². The monoisotopic (exact) mass is 305 g/mol. The van der Waals surface area contributed by atoms with Crippen LogP contribution in [-0.4, -0.2) is 40.5 Å². The molecule has 0 unspecified atom stereocenters. The van der Waals surface area contributed by atoms with Crippen molar-refractivity contribution in [2.75, 3.05) is 19.6 Å². The summed E-state index contributed by atoms with van der Waals surface area (Å²) in [7, 11) is 0. The Morgan fingerprint density at radius 1 is 1.23 bits per heavy atom. The summed E-state index contributed by atoms with van der Waals surface area (Å²) in [5.41, 5.74) is -0.299. The quantitative estimate of drug-likeness (QED) is 0.544. The number of aryl methyl sites for hydroxylation is 1. The van der Waals surface area contributed by atoms with E-state index in [1.54, 1.807) is 6.92 Å². The first kappa shape index (κ1) is 15.9. The van der Waals surface area contributed by atoms with E-state index in [2.05, 4.69) is 32.5 Å².